The third kappa shape index (κ3) is 3.72. The summed E-state index contributed by atoms with van der Waals surface area (Å²) in [4.78, 5) is 4.82. The van der Waals surface area contributed by atoms with Crippen LogP contribution in [0.4, 0.5) is 0 Å². The van der Waals surface area contributed by atoms with Crippen molar-refractivity contribution in [2.75, 3.05) is 0 Å². The van der Waals surface area contributed by atoms with Crippen molar-refractivity contribution in [3.8, 4) is 22.6 Å². The fraction of sp³-hybridized carbons (Fsp3) is 0.296. The standard InChI is InChI=1S/C27H29NO/c1-16-10-17(2)12-21(11-16)23-9-8-20-15-24(29-26(20)28-23)25-18(3)13-22(14-19(25)4)27(5,6)7/h8-15H,1-7H3. The average Bonchev–Trinajstić information content (AvgIpc) is 3.02. The van der Waals surface area contributed by atoms with Crippen molar-refractivity contribution in [1.82, 2.24) is 4.98 Å². The number of pyridine rings is 1. The van der Waals surface area contributed by atoms with Crippen LogP contribution in [0.5, 0.6) is 0 Å². The molecule has 0 fully saturated rings. The number of benzene rings is 2. The van der Waals surface area contributed by atoms with Crippen molar-refractivity contribution in [3.05, 3.63) is 76.3 Å². The first-order chi connectivity index (χ1) is 13.6. The van der Waals surface area contributed by atoms with Crippen molar-refractivity contribution >= 4 is 11.1 Å². The number of furan rings is 1. The molecule has 2 aromatic heterocycles. The highest BCUT2D eigenvalue weighted by atomic mass is 16.3. The van der Waals surface area contributed by atoms with E-state index in [0.717, 1.165) is 22.4 Å². The number of aromatic nitrogens is 1. The highest BCUT2D eigenvalue weighted by Crippen LogP contribution is 2.36. The van der Waals surface area contributed by atoms with Crippen LogP contribution >= 0.6 is 0 Å². The maximum atomic E-state index is 6.25. The number of rotatable bonds is 2. The molecule has 0 aliphatic heterocycles. The van der Waals surface area contributed by atoms with Crippen molar-refractivity contribution < 1.29 is 4.42 Å². The Morgan fingerprint density at radius 3 is 1.97 bits per heavy atom. The van der Waals surface area contributed by atoms with Crippen LogP contribution in [0, 0.1) is 27.7 Å². The smallest absolute Gasteiger partial charge is 0.227 e. The summed E-state index contributed by atoms with van der Waals surface area (Å²) in [5.74, 6) is 0.889. The molecule has 0 N–H and O–H groups in total. The van der Waals surface area contributed by atoms with E-state index in [0.29, 0.717) is 5.71 Å². The first-order valence-electron chi connectivity index (χ1n) is 10.2. The second-order valence-electron chi connectivity index (χ2n) is 9.31. The van der Waals surface area contributed by atoms with E-state index in [9.17, 15) is 0 Å². The van der Waals surface area contributed by atoms with Crippen LogP contribution in [0.15, 0.2) is 52.9 Å². The van der Waals surface area contributed by atoms with Crippen molar-refractivity contribution in [2.45, 2.75) is 53.9 Å². The monoisotopic (exact) mass is 383 g/mol. The van der Waals surface area contributed by atoms with Gasteiger partial charge in [-0.1, -0.05) is 50.1 Å². The van der Waals surface area contributed by atoms with Gasteiger partial charge in [0.1, 0.15) is 5.76 Å². The highest BCUT2D eigenvalue weighted by Gasteiger charge is 2.19. The Labute approximate surface area is 173 Å². The molecule has 0 aliphatic rings. The topological polar surface area (TPSA) is 26.0 Å². The van der Waals surface area contributed by atoms with Gasteiger partial charge in [-0.2, -0.15) is 0 Å². The van der Waals surface area contributed by atoms with Crippen molar-refractivity contribution in [2.24, 2.45) is 0 Å². The average molecular weight is 384 g/mol. The van der Waals surface area contributed by atoms with Gasteiger partial charge in [0.15, 0.2) is 0 Å². The fourth-order valence-corrected chi connectivity index (χ4v) is 4.11. The Morgan fingerprint density at radius 1 is 0.759 bits per heavy atom. The molecular weight excluding hydrogens is 354 g/mol. The van der Waals surface area contributed by atoms with Gasteiger partial charge in [-0.25, -0.2) is 4.98 Å². The zero-order valence-corrected chi connectivity index (χ0v) is 18.5. The molecular formula is C27H29NO. The summed E-state index contributed by atoms with van der Waals surface area (Å²) in [7, 11) is 0. The van der Waals surface area contributed by atoms with E-state index in [1.54, 1.807) is 0 Å². The van der Waals surface area contributed by atoms with E-state index in [4.69, 9.17) is 9.40 Å². The largest absolute Gasteiger partial charge is 0.438 e. The second-order valence-corrected chi connectivity index (χ2v) is 9.31. The third-order valence-electron chi connectivity index (χ3n) is 5.55. The molecule has 0 bridgehead atoms. The Morgan fingerprint density at radius 2 is 1.38 bits per heavy atom. The summed E-state index contributed by atoms with van der Waals surface area (Å²) in [6.45, 7) is 15.3. The summed E-state index contributed by atoms with van der Waals surface area (Å²) in [5, 5.41) is 1.03. The van der Waals surface area contributed by atoms with E-state index in [2.05, 4.69) is 97.0 Å². The minimum Gasteiger partial charge on any atom is -0.438 e. The van der Waals surface area contributed by atoms with Gasteiger partial charge >= 0.3 is 0 Å². The number of hydrogen-bond donors (Lipinski definition) is 0. The van der Waals surface area contributed by atoms with E-state index < -0.39 is 0 Å². The van der Waals surface area contributed by atoms with Crippen LogP contribution < -0.4 is 0 Å². The number of fused-ring (bicyclic) bond motifs is 1. The molecule has 4 rings (SSSR count). The Bertz CT molecular complexity index is 1180. The SMILES string of the molecule is Cc1cc(C)cc(-c2ccc3cc(-c4c(C)cc(C(C)(C)C)cc4C)oc3n2)c1. The Kier molecular flexibility index (Phi) is 4.61. The van der Waals surface area contributed by atoms with Gasteiger partial charge in [0.2, 0.25) is 5.71 Å². The van der Waals surface area contributed by atoms with Crippen LogP contribution in [0.1, 0.15) is 48.6 Å². The lowest BCUT2D eigenvalue weighted by Gasteiger charge is -2.21. The van der Waals surface area contributed by atoms with Gasteiger partial charge in [0, 0.05) is 16.5 Å². The Hall–Kier alpha value is -2.87. The van der Waals surface area contributed by atoms with Crippen LogP contribution in [-0.4, -0.2) is 4.98 Å². The summed E-state index contributed by atoms with van der Waals surface area (Å²) in [6.07, 6.45) is 0. The third-order valence-corrected chi connectivity index (χ3v) is 5.55. The molecule has 4 aromatic rings. The molecule has 0 spiro atoms. The van der Waals surface area contributed by atoms with Gasteiger partial charge in [-0.15, -0.1) is 0 Å². The second kappa shape index (κ2) is 6.88. The molecule has 0 amide bonds. The van der Waals surface area contributed by atoms with Gasteiger partial charge < -0.3 is 4.42 Å². The van der Waals surface area contributed by atoms with E-state index in [-0.39, 0.29) is 5.41 Å². The zero-order valence-electron chi connectivity index (χ0n) is 18.5. The number of nitrogens with zero attached hydrogens (tertiary/aromatic N) is 1. The number of aryl methyl sites for hydroxylation is 4. The molecule has 29 heavy (non-hydrogen) atoms. The summed E-state index contributed by atoms with van der Waals surface area (Å²) < 4.78 is 6.25. The van der Waals surface area contributed by atoms with Crippen molar-refractivity contribution in [1.29, 1.82) is 0 Å². The molecule has 0 radical (unpaired) electrons. The molecule has 2 heterocycles. The van der Waals surface area contributed by atoms with Gasteiger partial charge in [0.25, 0.3) is 0 Å². The molecule has 2 heteroatoms. The molecule has 148 valence electrons. The molecule has 0 unspecified atom stereocenters. The van der Waals surface area contributed by atoms with Gasteiger partial charge in [-0.3, -0.25) is 0 Å². The lowest BCUT2D eigenvalue weighted by Crippen LogP contribution is -2.12. The van der Waals surface area contributed by atoms with Gasteiger partial charge in [0.05, 0.1) is 5.69 Å². The molecule has 0 atom stereocenters. The predicted molar refractivity (Wildman–Crippen MR) is 123 cm³/mol. The highest BCUT2D eigenvalue weighted by molar-refractivity contribution is 5.84. The normalized spacial score (nSPS) is 12.0. The van der Waals surface area contributed by atoms with E-state index in [1.165, 1.54) is 33.4 Å². The van der Waals surface area contributed by atoms with Crippen LogP contribution in [0.3, 0.4) is 0 Å². The number of hydrogen-bond acceptors (Lipinski definition) is 2. The predicted octanol–water partition coefficient (Wildman–Crippen LogP) is 7.69. The quantitative estimate of drug-likeness (QED) is 0.354. The zero-order chi connectivity index (χ0) is 20.9. The molecule has 2 nitrogen and oxygen atoms in total. The van der Waals surface area contributed by atoms with Gasteiger partial charge in [-0.05, 0) is 80.1 Å². The first kappa shape index (κ1) is 19.4. The van der Waals surface area contributed by atoms with Crippen LogP contribution in [0.2, 0.25) is 0 Å². The fourth-order valence-electron chi connectivity index (χ4n) is 4.11. The first-order valence-corrected chi connectivity index (χ1v) is 10.2. The minimum absolute atomic E-state index is 0.129. The van der Waals surface area contributed by atoms with Crippen molar-refractivity contribution in [3.63, 3.8) is 0 Å². The molecule has 0 aliphatic carbocycles. The summed E-state index contributed by atoms with van der Waals surface area (Å²) >= 11 is 0. The molecule has 0 saturated heterocycles. The lowest BCUT2D eigenvalue weighted by atomic mass is 9.83. The Balaban J connectivity index is 1.81. The molecule has 2 aromatic carbocycles. The summed E-state index contributed by atoms with van der Waals surface area (Å²) in [5.41, 5.74) is 10.4. The van der Waals surface area contributed by atoms with E-state index >= 15 is 0 Å². The maximum Gasteiger partial charge on any atom is 0.227 e. The minimum atomic E-state index is 0.129. The molecule has 0 saturated carbocycles. The van der Waals surface area contributed by atoms with Crippen LogP contribution in [-0.2, 0) is 5.41 Å². The maximum absolute atomic E-state index is 6.25. The van der Waals surface area contributed by atoms with E-state index in [1.807, 2.05) is 0 Å². The summed E-state index contributed by atoms with van der Waals surface area (Å²) in [6, 6.07) is 17.4. The van der Waals surface area contributed by atoms with Crippen LogP contribution in [0.25, 0.3) is 33.7 Å². The lowest BCUT2D eigenvalue weighted by molar-refractivity contribution is 0.588.